The van der Waals surface area contributed by atoms with Gasteiger partial charge in [0.25, 0.3) is 0 Å². The number of anilines is 1. The molecule has 3 N–H and O–H groups in total. The highest BCUT2D eigenvalue weighted by Crippen LogP contribution is 2.17. The highest BCUT2D eigenvalue weighted by atomic mass is 32.1. The number of rotatable bonds is 5. The van der Waals surface area contributed by atoms with E-state index in [4.69, 9.17) is 5.73 Å². The maximum Gasteiger partial charge on any atom is 0.226 e. The van der Waals surface area contributed by atoms with Gasteiger partial charge in [0.15, 0.2) is 5.13 Å². The van der Waals surface area contributed by atoms with Gasteiger partial charge in [-0.25, -0.2) is 4.98 Å². The minimum atomic E-state index is -0.00533. The van der Waals surface area contributed by atoms with Crippen LogP contribution in [-0.2, 0) is 11.2 Å². The van der Waals surface area contributed by atoms with E-state index in [1.54, 1.807) is 17.5 Å². The topological polar surface area (TPSA) is 68.0 Å². The first-order chi connectivity index (χ1) is 9.78. The van der Waals surface area contributed by atoms with Gasteiger partial charge in [-0.15, -0.1) is 11.3 Å². The summed E-state index contributed by atoms with van der Waals surface area (Å²) in [6, 6.07) is 4.12. The Bertz CT molecular complexity index is 608. The van der Waals surface area contributed by atoms with Gasteiger partial charge in [-0.1, -0.05) is 29.2 Å². The summed E-state index contributed by atoms with van der Waals surface area (Å²) >= 11 is 3.08. The van der Waals surface area contributed by atoms with Gasteiger partial charge in [0, 0.05) is 11.3 Å². The van der Waals surface area contributed by atoms with Crippen LogP contribution in [0.2, 0.25) is 0 Å². The zero-order valence-electron chi connectivity index (χ0n) is 10.9. The third kappa shape index (κ3) is 4.78. The molecule has 0 bridgehead atoms. The van der Waals surface area contributed by atoms with Crippen molar-refractivity contribution < 1.29 is 4.79 Å². The summed E-state index contributed by atoms with van der Waals surface area (Å²) in [6.45, 7) is 0.322. The number of hydrogen-bond acceptors (Lipinski definition) is 5. The second-order valence-corrected chi connectivity index (χ2v) is 6.08. The molecule has 104 valence electrons. The molecule has 0 aliphatic heterocycles. The van der Waals surface area contributed by atoms with Crippen molar-refractivity contribution in [2.75, 3.05) is 11.9 Å². The Hall–Kier alpha value is -1.68. The average Bonchev–Trinajstić information content (AvgIpc) is 3.08. The predicted octanol–water partition coefficient (Wildman–Crippen LogP) is 2.48. The molecule has 0 aliphatic carbocycles. The number of nitrogens with one attached hydrogen (secondary N) is 1. The lowest BCUT2D eigenvalue weighted by Gasteiger charge is -2.00. The number of amides is 1. The second kappa shape index (κ2) is 7.80. The van der Waals surface area contributed by atoms with Crippen LogP contribution in [0, 0.1) is 11.8 Å². The molecule has 0 saturated heterocycles. The third-order valence-electron chi connectivity index (χ3n) is 2.47. The molecular weight excluding hydrogens is 290 g/mol. The first-order valence-electron chi connectivity index (χ1n) is 6.25. The van der Waals surface area contributed by atoms with Gasteiger partial charge < -0.3 is 11.1 Å². The number of thiazole rings is 1. The molecule has 0 aliphatic rings. The first-order valence-corrected chi connectivity index (χ1v) is 7.94. The number of hydrogen-bond donors (Lipinski definition) is 2. The smallest absolute Gasteiger partial charge is 0.226 e. The van der Waals surface area contributed by atoms with Gasteiger partial charge in [-0.3, -0.25) is 4.79 Å². The number of nitrogens with two attached hydrogens (primary N) is 1. The van der Waals surface area contributed by atoms with Crippen LogP contribution in [0.3, 0.4) is 0 Å². The summed E-state index contributed by atoms with van der Waals surface area (Å²) in [5, 5.41) is 5.43. The van der Waals surface area contributed by atoms with E-state index in [0.717, 1.165) is 17.7 Å². The minimum absolute atomic E-state index is 0.00533. The number of nitrogens with zero attached hydrogens (tertiary/aromatic N) is 1. The maximum atomic E-state index is 11.8. The van der Waals surface area contributed by atoms with Gasteiger partial charge in [-0.05, 0) is 24.3 Å². The van der Waals surface area contributed by atoms with Crippen LogP contribution in [0.5, 0.6) is 0 Å². The highest BCUT2D eigenvalue weighted by Gasteiger charge is 2.06. The molecule has 2 rings (SSSR count). The van der Waals surface area contributed by atoms with Gasteiger partial charge in [-0.2, -0.15) is 0 Å². The van der Waals surface area contributed by atoms with Crippen LogP contribution in [0.1, 0.15) is 22.6 Å². The van der Waals surface area contributed by atoms with Crippen molar-refractivity contribution in [2.45, 2.75) is 19.3 Å². The van der Waals surface area contributed by atoms with Crippen LogP contribution >= 0.6 is 22.7 Å². The van der Waals surface area contributed by atoms with Crippen molar-refractivity contribution in [3.63, 3.8) is 0 Å². The Labute approximate surface area is 126 Å². The van der Waals surface area contributed by atoms with Crippen molar-refractivity contribution in [1.29, 1.82) is 0 Å². The van der Waals surface area contributed by atoms with Crippen LogP contribution in [0.15, 0.2) is 23.7 Å². The standard InChI is InChI=1S/C14H15N3OS2/c15-8-2-5-12-10-16-14(20-12)17-13(18)7-1-4-11-6-3-9-19-11/h3,6,9-10H,1,4,7-8,15H2,(H,16,17,18). The van der Waals surface area contributed by atoms with Crippen molar-refractivity contribution in [3.8, 4) is 11.8 Å². The van der Waals surface area contributed by atoms with E-state index in [-0.39, 0.29) is 5.91 Å². The molecule has 0 saturated carbocycles. The third-order valence-corrected chi connectivity index (χ3v) is 4.24. The Morgan fingerprint density at radius 1 is 1.50 bits per heavy atom. The zero-order valence-corrected chi connectivity index (χ0v) is 12.5. The lowest BCUT2D eigenvalue weighted by Crippen LogP contribution is -2.10. The Morgan fingerprint density at radius 3 is 3.15 bits per heavy atom. The quantitative estimate of drug-likeness (QED) is 0.834. The summed E-state index contributed by atoms with van der Waals surface area (Å²) in [6.07, 6.45) is 3.93. The fourth-order valence-electron chi connectivity index (χ4n) is 1.59. The molecule has 0 atom stereocenters. The second-order valence-electron chi connectivity index (χ2n) is 4.02. The van der Waals surface area contributed by atoms with E-state index in [2.05, 4.69) is 33.6 Å². The number of carbonyl (C=O) groups excluding carboxylic acids is 1. The van der Waals surface area contributed by atoms with Crippen molar-refractivity contribution in [2.24, 2.45) is 5.73 Å². The first kappa shape index (κ1) is 14.7. The van der Waals surface area contributed by atoms with E-state index in [1.807, 2.05) is 6.07 Å². The van der Waals surface area contributed by atoms with Gasteiger partial charge in [0.05, 0.1) is 17.6 Å². The van der Waals surface area contributed by atoms with Crippen LogP contribution < -0.4 is 11.1 Å². The van der Waals surface area contributed by atoms with Gasteiger partial charge in [0.2, 0.25) is 5.91 Å². The molecular formula is C14H15N3OS2. The van der Waals surface area contributed by atoms with E-state index in [0.29, 0.717) is 18.1 Å². The summed E-state index contributed by atoms with van der Waals surface area (Å²) in [5.74, 6) is 5.64. The maximum absolute atomic E-state index is 11.8. The lowest BCUT2D eigenvalue weighted by molar-refractivity contribution is -0.116. The van der Waals surface area contributed by atoms with Crippen LogP contribution in [0.25, 0.3) is 0 Å². The predicted molar refractivity (Wildman–Crippen MR) is 83.9 cm³/mol. The molecule has 0 unspecified atom stereocenters. The Balaban J connectivity index is 1.75. The molecule has 20 heavy (non-hydrogen) atoms. The molecule has 1 amide bonds. The molecule has 6 heteroatoms. The summed E-state index contributed by atoms with van der Waals surface area (Å²) in [5.41, 5.74) is 5.30. The largest absolute Gasteiger partial charge is 0.320 e. The van der Waals surface area contributed by atoms with E-state index in [1.165, 1.54) is 16.2 Å². The fraction of sp³-hybridized carbons (Fsp3) is 0.286. The van der Waals surface area contributed by atoms with Gasteiger partial charge in [0.1, 0.15) is 0 Å². The SMILES string of the molecule is NCC#Cc1cnc(NC(=O)CCCc2cccs2)s1. The summed E-state index contributed by atoms with van der Waals surface area (Å²) in [4.78, 5) is 18.0. The fourth-order valence-corrected chi connectivity index (χ4v) is 3.05. The molecule has 0 fully saturated rings. The highest BCUT2D eigenvalue weighted by molar-refractivity contribution is 7.16. The molecule has 0 radical (unpaired) electrons. The van der Waals surface area contributed by atoms with Crippen molar-refractivity contribution in [1.82, 2.24) is 4.98 Å². The van der Waals surface area contributed by atoms with E-state index in [9.17, 15) is 4.79 Å². The molecule has 2 aromatic rings. The summed E-state index contributed by atoms with van der Waals surface area (Å²) in [7, 11) is 0. The molecule has 2 aromatic heterocycles. The molecule has 0 spiro atoms. The lowest BCUT2D eigenvalue weighted by atomic mass is 10.2. The molecule has 2 heterocycles. The van der Waals surface area contributed by atoms with Gasteiger partial charge >= 0.3 is 0 Å². The Morgan fingerprint density at radius 2 is 2.40 bits per heavy atom. The number of aromatic nitrogens is 1. The number of thiophene rings is 1. The van der Waals surface area contributed by atoms with Crippen LogP contribution in [0.4, 0.5) is 5.13 Å². The average molecular weight is 305 g/mol. The number of carbonyl (C=O) groups is 1. The molecule has 4 nitrogen and oxygen atoms in total. The normalized spacial score (nSPS) is 9.85. The minimum Gasteiger partial charge on any atom is -0.320 e. The molecule has 0 aromatic carbocycles. The van der Waals surface area contributed by atoms with Crippen molar-refractivity contribution >= 4 is 33.7 Å². The number of aryl methyl sites for hydroxylation is 1. The van der Waals surface area contributed by atoms with E-state index >= 15 is 0 Å². The monoisotopic (exact) mass is 305 g/mol. The zero-order chi connectivity index (χ0) is 14.2. The van der Waals surface area contributed by atoms with Crippen LogP contribution in [-0.4, -0.2) is 17.4 Å². The van der Waals surface area contributed by atoms with E-state index < -0.39 is 0 Å². The Kier molecular flexibility index (Phi) is 5.74. The van der Waals surface area contributed by atoms with Crippen molar-refractivity contribution in [3.05, 3.63) is 33.5 Å². The summed E-state index contributed by atoms with van der Waals surface area (Å²) < 4.78 is 0.